The molecule has 10 nitrogen and oxygen atoms in total. The number of rotatable bonds is 3. The normalized spacial score (nSPS) is 13.2. The fourth-order valence-electron chi connectivity index (χ4n) is 4.66. The van der Waals surface area contributed by atoms with Crippen LogP contribution in [0.15, 0.2) is 132 Å². The predicted octanol–water partition coefficient (Wildman–Crippen LogP) is 1.87. The first kappa shape index (κ1) is 24.3. The SMILES string of the molecule is [C-]#[N+]C(=C1N=c2ccccc2=N1)c1cc(C(C#N)=C2N=c3ccccc3=N2)cc(C(C#N)=C2N=c3ccccc3=N2)n1. The summed E-state index contributed by atoms with van der Waals surface area (Å²) >= 11 is 0. The summed E-state index contributed by atoms with van der Waals surface area (Å²) in [4.78, 5) is 35.6. The molecule has 0 atom stereocenters. The van der Waals surface area contributed by atoms with Gasteiger partial charge in [0.05, 0.1) is 50.1 Å². The maximum Gasteiger partial charge on any atom is 0.255 e. The van der Waals surface area contributed by atoms with Crippen molar-refractivity contribution in [2.24, 2.45) is 30.0 Å². The molecular formula is C32H14N10. The van der Waals surface area contributed by atoms with Gasteiger partial charge in [0.15, 0.2) is 17.5 Å². The molecule has 0 bridgehead atoms. The van der Waals surface area contributed by atoms with E-state index in [4.69, 9.17) is 6.57 Å². The van der Waals surface area contributed by atoms with Crippen LogP contribution in [-0.4, -0.2) is 4.98 Å². The van der Waals surface area contributed by atoms with E-state index in [1.807, 2.05) is 48.5 Å². The Balaban J connectivity index is 1.50. The highest BCUT2D eigenvalue weighted by molar-refractivity contribution is 5.86. The van der Waals surface area contributed by atoms with E-state index in [-0.39, 0.29) is 45.7 Å². The van der Waals surface area contributed by atoms with Crippen molar-refractivity contribution in [2.45, 2.75) is 0 Å². The lowest BCUT2D eigenvalue weighted by Gasteiger charge is -2.09. The number of aromatic nitrogens is 1. The Labute approximate surface area is 237 Å². The van der Waals surface area contributed by atoms with E-state index in [0.29, 0.717) is 37.7 Å². The zero-order chi connectivity index (χ0) is 28.6. The first-order valence-electron chi connectivity index (χ1n) is 12.7. The number of hydrogen-bond acceptors (Lipinski definition) is 9. The molecular weight excluding hydrogens is 524 g/mol. The molecule has 0 unspecified atom stereocenters. The highest BCUT2D eigenvalue weighted by atomic mass is 15.0. The average molecular weight is 539 g/mol. The van der Waals surface area contributed by atoms with Crippen LogP contribution in [0.4, 0.5) is 0 Å². The van der Waals surface area contributed by atoms with Crippen molar-refractivity contribution >= 4 is 16.8 Å². The third-order valence-electron chi connectivity index (χ3n) is 6.61. The lowest BCUT2D eigenvalue weighted by molar-refractivity contribution is 1.16. The van der Waals surface area contributed by atoms with E-state index in [9.17, 15) is 10.5 Å². The molecule has 7 rings (SSSR count). The highest BCUT2D eigenvalue weighted by Gasteiger charge is 2.22. The number of allylic oxidation sites excluding steroid dienone is 2. The molecule has 0 fully saturated rings. The number of fused-ring (bicyclic) bond motifs is 3. The molecule has 4 aromatic rings. The molecule has 42 heavy (non-hydrogen) atoms. The van der Waals surface area contributed by atoms with Crippen LogP contribution in [0.1, 0.15) is 17.0 Å². The van der Waals surface area contributed by atoms with E-state index in [0.717, 1.165) is 0 Å². The van der Waals surface area contributed by atoms with E-state index < -0.39 is 0 Å². The van der Waals surface area contributed by atoms with Gasteiger partial charge in [0, 0.05) is 0 Å². The van der Waals surface area contributed by atoms with Crippen molar-refractivity contribution in [3.63, 3.8) is 0 Å². The predicted molar refractivity (Wildman–Crippen MR) is 149 cm³/mol. The Kier molecular flexibility index (Phi) is 5.68. The van der Waals surface area contributed by atoms with Crippen molar-refractivity contribution in [3.05, 3.63) is 163 Å². The average Bonchev–Trinajstić information content (AvgIpc) is 3.75. The van der Waals surface area contributed by atoms with Crippen LogP contribution >= 0.6 is 0 Å². The van der Waals surface area contributed by atoms with E-state index >= 15 is 0 Å². The minimum absolute atomic E-state index is 0.0612. The van der Waals surface area contributed by atoms with E-state index in [1.165, 1.54) is 0 Å². The molecule has 4 heterocycles. The molecule has 0 N–H and O–H groups in total. The summed E-state index contributed by atoms with van der Waals surface area (Å²) in [7, 11) is 0. The Hall–Kier alpha value is -6.70. The van der Waals surface area contributed by atoms with Crippen molar-refractivity contribution < 1.29 is 0 Å². The minimum atomic E-state index is 0.0612. The highest BCUT2D eigenvalue weighted by Crippen LogP contribution is 2.30. The van der Waals surface area contributed by atoms with Gasteiger partial charge >= 0.3 is 0 Å². The molecule has 3 aliphatic rings. The van der Waals surface area contributed by atoms with Gasteiger partial charge in [-0.15, -0.1) is 0 Å². The smallest absolute Gasteiger partial charge is 0.255 e. The van der Waals surface area contributed by atoms with Gasteiger partial charge in [-0.05, 0) is 54.1 Å². The Bertz CT molecular complexity index is 2100. The summed E-state index contributed by atoms with van der Waals surface area (Å²) in [5.74, 6) is 0.586. The van der Waals surface area contributed by atoms with Gasteiger partial charge in [0.25, 0.3) is 5.70 Å². The molecule has 0 aliphatic carbocycles. The van der Waals surface area contributed by atoms with Crippen molar-refractivity contribution in [1.82, 2.24) is 4.98 Å². The van der Waals surface area contributed by atoms with Crippen LogP contribution in [0.25, 0.3) is 21.7 Å². The number of hydrogen-bond donors (Lipinski definition) is 0. The summed E-state index contributed by atoms with van der Waals surface area (Å²) in [6, 6.07) is 29.4. The van der Waals surface area contributed by atoms with Crippen LogP contribution in [0, 0.1) is 29.2 Å². The van der Waals surface area contributed by atoms with Gasteiger partial charge in [-0.25, -0.2) is 34.8 Å². The fraction of sp³-hybridized carbons (Fsp3) is 0. The van der Waals surface area contributed by atoms with Gasteiger partial charge in [0.2, 0.25) is 0 Å². The molecule has 0 saturated heterocycles. The van der Waals surface area contributed by atoms with Crippen LogP contribution in [0.3, 0.4) is 0 Å². The van der Waals surface area contributed by atoms with E-state index in [1.54, 1.807) is 36.4 Å². The van der Waals surface area contributed by atoms with Gasteiger partial charge in [0.1, 0.15) is 23.3 Å². The van der Waals surface area contributed by atoms with Crippen molar-refractivity contribution in [2.75, 3.05) is 0 Å². The van der Waals surface area contributed by atoms with Crippen molar-refractivity contribution in [1.29, 1.82) is 10.5 Å². The van der Waals surface area contributed by atoms with Crippen LogP contribution < -0.4 is 32.1 Å². The Morgan fingerprint density at radius 2 is 0.929 bits per heavy atom. The maximum absolute atomic E-state index is 10.3. The molecule has 1 aromatic heterocycles. The van der Waals surface area contributed by atoms with Crippen LogP contribution in [0.2, 0.25) is 0 Å². The molecule has 3 aliphatic heterocycles. The molecule has 0 spiro atoms. The van der Waals surface area contributed by atoms with Crippen molar-refractivity contribution in [3.8, 4) is 12.1 Å². The third-order valence-corrected chi connectivity index (χ3v) is 6.61. The second kappa shape index (κ2) is 9.80. The monoisotopic (exact) mass is 538 g/mol. The van der Waals surface area contributed by atoms with Gasteiger partial charge in [-0.1, -0.05) is 36.4 Å². The maximum atomic E-state index is 10.3. The van der Waals surface area contributed by atoms with Gasteiger partial charge in [-0.3, -0.25) is 4.98 Å². The lowest BCUT2D eigenvalue weighted by Crippen LogP contribution is -2.19. The first-order valence-corrected chi connectivity index (χ1v) is 12.7. The summed E-state index contributed by atoms with van der Waals surface area (Å²) in [6.45, 7) is 8.00. The molecule has 0 amide bonds. The van der Waals surface area contributed by atoms with Crippen LogP contribution in [0.5, 0.6) is 0 Å². The molecule has 192 valence electrons. The molecule has 0 radical (unpaired) electrons. The molecule has 3 aromatic carbocycles. The number of benzene rings is 3. The zero-order valence-corrected chi connectivity index (χ0v) is 21.6. The number of para-hydroxylation sites is 6. The molecule has 10 heteroatoms. The van der Waals surface area contributed by atoms with E-state index in [2.05, 4.69) is 51.9 Å². The summed E-state index contributed by atoms with van der Waals surface area (Å²) in [5, 5.41) is 24.3. The summed E-state index contributed by atoms with van der Waals surface area (Å²) in [6.07, 6.45) is 0. The largest absolute Gasteiger partial charge is 0.259 e. The Morgan fingerprint density at radius 3 is 1.33 bits per heavy atom. The first-order chi connectivity index (χ1) is 20.6. The number of nitrogens with zero attached hydrogens (tertiary/aromatic N) is 10. The number of nitriles is 2. The topological polar surface area (TPSA) is 139 Å². The summed E-state index contributed by atoms with van der Waals surface area (Å²) < 4.78 is 0. The van der Waals surface area contributed by atoms with Crippen LogP contribution in [-0.2, 0) is 0 Å². The van der Waals surface area contributed by atoms with Gasteiger partial charge < -0.3 is 0 Å². The van der Waals surface area contributed by atoms with Gasteiger partial charge in [-0.2, -0.15) is 10.5 Å². The third kappa shape index (κ3) is 4.08. The standard InChI is InChI=1S/C32H14N10/c1-35-29(32-41-25-12-6-7-13-26(25)42-32)28-15-18(19(16-33)30-37-21-8-2-3-9-22(21)38-30)14-27(36-28)20(17-34)31-39-23-10-4-5-11-24(23)40-31/h2-15H. The Morgan fingerprint density at radius 1 is 0.548 bits per heavy atom. The lowest BCUT2D eigenvalue weighted by atomic mass is 10.0. The summed E-state index contributed by atoms with van der Waals surface area (Å²) in [5.41, 5.74) is 1.03. The fourth-order valence-corrected chi connectivity index (χ4v) is 4.66. The quantitative estimate of drug-likeness (QED) is 0.291. The zero-order valence-electron chi connectivity index (χ0n) is 21.6. The minimum Gasteiger partial charge on any atom is -0.259 e. The second-order valence-corrected chi connectivity index (χ2v) is 9.17. The molecule has 0 saturated carbocycles. The second-order valence-electron chi connectivity index (χ2n) is 9.17. The number of pyridine rings is 1.